The molecule has 1 atom stereocenters. The quantitative estimate of drug-likeness (QED) is 0.407. The highest BCUT2D eigenvalue weighted by atomic mass is 16.5. The summed E-state index contributed by atoms with van der Waals surface area (Å²) in [5.41, 5.74) is 10.7. The van der Waals surface area contributed by atoms with E-state index in [9.17, 15) is 14.7 Å². The van der Waals surface area contributed by atoms with Gasteiger partial charge < -0.3 is 26.4 Å². The maximum atomic E-state index is 11.3. The number of hydrogen-bond donors (Lipinski definition) is 4. The highest BCUT2D eigenvalue weighted by Crippen LogP contribution is 2.25. The first-order chi connectivity index (χ1) is 8.40. The van der Waals surface area contributed by atoms with Crippen LogP contribution in [0.5, 0.6) is 11.5 Å². The molecule has 1 aromatic rings. The van der Waals surface area contributed by atoms with Crippen molar-refractivity contribution >= 4 is 11.9 Å². The molecule has 0 aliphatic carbocycles. The second kappa shape index (κ2) is 5.87. The van der Waals surface area contributed by atoms with Crippen molar-refractivity contribution in [3.63, 3.8) is 0 Å². The molecule has 6 N–H and O–H groups in total. The fourth-order valence-electron chi connectivity index (χ4n) is 1.22. The first-order valence-corrected chi connectivity index (χ1v) is 5.11. The normalized spacial score (nSPS) is 11.8. The van der Waals surface area contributed by atoms with Gasteiger partial charge in [0, 0.05) is 0 Å². The highest BCUT2D eigenvalue weighted by molar-refractivity contribution is 5.84. The molecular formula is C11H14N2O5. The van der Waals surface area contributed by atoms with E-state index in [4.69, 9.17) is 21.3 Å². The van der Waals surface area contributed by atoms with Crippen LogP contribution in [0.4, 0.5) is 0 Å². The van der Waals surface area contributed by atoms with Gasteiger partial charge in [-0.15, -0.1) is 0 Å². The summed E-state index contributed by atoms with van der Waals surface area (Å²) in [6, 6.07) is 2.89. The molecule has 0 heterocycles. The fourth-order valence-corrected chi connectivity index (χ4v) is 1.22. The van der Waals surface area contributed by atoms with Crippen molar-refractivity contribution < 1.29 is 24.5 Å². The second-order valence-corrected chi connectivity index (χ2v) is 3.71. The molecule has 0 aromatic heterocycles. The van der Waals surface area contributed by atoms with E-state index in [1.807, 2.05) is 0 Å². The van der Waals surface area contributed by atoms with E-state index in [-0.39, 0.29) is 24.5 Å². The Kier molecular flexibility index (Phi) is 4.50. The van der Waals surface area contributed by atoms with Gasteiger partial charge in [-0.1, -0.05) is 6.07 Å². The number of aromatic hydroxyl groups is 2. The lowest BCUT2D eigenvalue weighted by Gasteiger charge is -2.10. The van der Waals surface area contributed by atoms with Gasteiger partial charge in [0.2, 0.25) is 5.91 Å². The van der Waals surface area contributed by atoms with Gasteiger partial charge in [0.25, 0.3) is 0 Å². The predicted molar refractivity (Wildman–Crippen MR) is 61.4 cm³/mol. The van der Waals surface area contributed by atoms with E-state index in [0.29, 0.717) is 5.56 Å². The molecule has 0 fully saturated rings. The minimum absolute atomic E-state index is 0.126. The number of carbonyl (C=O) groups is 2. The maximum absolute atomic E-state index is 11.3. The van der Waals surface area contributed by atoms with E-state index in [1.54, 1.807) is 0 Å². The Balaban J connectivity index is 2.52. The predicted octanol–water partition coefficient (Wildman–Crippen LogP) is -0.656. The van der Waals surface area contributed by atoms with Gasteiger partial charge in [-0.05, 0) is 17.7 Å². The lowest BCUT2D eigenvalue weighted by atomic mass is 10.2. The van der Waals surface area contributed by atoms with E-state index in [0.717, 1.165) is 0 Å². The van der Waals surface area contributed by atoms with E-state index in [2.05, 4.69) is 0 Å². The smallest absolute Gasteiger partial charge is 0.323 e. The number of benzene rings is 1. The Hall–Kier alpha value is -2.28. The van der Waals surface area contributed by atoms with E-state index >= 15 is 0 Å². The molecule has 7 heteroatoms. The van der Waals surface area contributed by atoms with Gasteiger partial charge in [-0.3, -0.25) is 9.59 Å². The Morgan fingerprint density at radius 1 is 1.28 bits per heavy atom. The molecule has 1 aromatic carbocycles. The summed E-state index contributed by atoms with van der Waals surface area (Å²) in [6.07, 6.45) is -0.292. The van der Waals surface area contributed by atoms with E-state index in [1.165, 1.54) is 18.2 Å². The van der Waals surface area contributed by atoms with Crippen molar-refractivity contribution in [3.05, 3.63) is 23.8 Å². The zero-order valence-corrected chi connectivity index (χ0v) is 9.50. The monoisotopic (exact) mass is 254 g/mol. The van der Waals surface area contributed by atoms with Crippen LogP contribution in [0.3, 0.4) is 0 Å². The molecule has 7 nitrogen and oxygen atoms in total. The number of amides is 1. The fraction of sp³-hybridized carbons (Fsp3) is 0.273. The number of phenolic OH excluding ortho intramolecular Hbond substituents is 2. The van der Waals surface area contributed by atoms with Gasteiger partial charge in [0.05, 0.1) is 6.42 Å². The second-order valence-electron chi connectivity index (χ2n) is 3.71. The molecule has 0 aliphatic rings. The molecule has 0 radical (unpaired) electrons. The van der Waals surface area contributed by atoms with Crippen molar-refractivity contribution in [3.8, 4) is 11.5 Å². The van der Waals surface area contributed by atoms with Crippen LogP contribution in [-0.4, -0.2) is 28.1 Å². The molecule has 1 rings (SSSR count). The first-order valence-electron chi connectivity index (χ1n) is 5.11. The molecule has 0 bridgehead atoms. The van der Waals surface area contributed by atoms with Gasteiger partial charge in [-0.2, -0.15) is 0 Å². The topological polar surface area (TPSA) is 136 Å². The van der Waals surface area contributed by atoms with Gasteiger partial charge in [0.15, 0.2) is 11.5 Å². The molecule has 18 heavy (non-hydrogen) atoms. The summed E-state index contributed by atoms with van der Waals surface area (Å²) in [5, 5.41) is 18.3. The summed E-state index contributed by atoms with van der Waals surface area (Å²) >= 11 is 0. The van der Waals surface area contributed by atoms with Gasteiger partial charge in [0.1, 0.15) is 12.6 Å². The summed E-state index contributed by atoms with van der Waals surface area (Å²) in [4.78, 5) is 21.9. The van der Waals surface area contributed by atoms with Crippen LogP contribution in [0.15, 0.2) is 18.2 Å². The number of primary amides is 1. The number of carbonyl (C=O) groups excluding carboxylic acids is 2. The molecule has 0 saturated heterocycles. The zero-order valence-electron chi connectivity index (χ0n) is 9.50. The third-order valence-electron chi connectivity index (χ3n) is 2.14. The van der Waals surface area contributed by atoms with Crippen LogP contribution in [0.1, 0.15) is 12.0 Å². The minimum atomic E-state index is -1.10. The zero-order chi connectivity index (χ0) is 13.7. The Labute approximate surface area is 103 Å². The number of phenols is 2. The lowest BCUT2D eigenvalue weighted by Crippen LogP contribution is -2.36. The minimum Gasteiger partial charge on any atom is -0.504 e. The standard InChI is InChI=1S/C11H14N2O5/c12-7(4-10(13)16)11(17)18-5-6-1-2-8(14)9(15)3-6/h1-3,7,14-15H,4-5,12H2,(H2,13,16)/t7-/m0/s1. The third-order valence-corrected chi connectivity index (χ3v) is 2.14. The Morgan fingerprint density at radius 3 is 2.50 bits per heavy atom. The van der Waals surface area contributed by atoms with Crippen LogP contribution in [0.2, 0.25) is 0 Å². The maximum Gasteiger partial charge on any atom is 0.323 e. The van der Waals surface area contributed by atoms with Crippen molar-refractivity contribution in [1.29, 1.82) is 0 Å². The van der Waals surface area contributed by atoms with Crippen molar-refractivity contribution in [2.45, 2.75) is 19.1 Å². The third kappa shape index (κ3) is 3.95. The van der Waals surface area contributed by atoms with Crippen molar-refractivity contribution in [1.82, 2.24) is 0 Å². The largest absolute Gasteiger partial charge is 0.504 e. The number of esters is 1. The van der Waals surface area contributed by atoms with Crippen LogP contribution in [0.25, 0.3) is 0 Å². The summed E-state index contributed by atoms with van der Waals surface area (Å²) in [6.45, 7) is -0.126. The van der Waals surface area contributed by atoms with E-state index < -0.39 is 17.9 Å². The van der Waals surface area contributed by atoms with Crippen LogP contribution in [0, 0.1) is 0 Å². The number of rotatable bonds is 5. The van der Waals surface area contributed by atoms with Crippen LogP contribution >= 0.6 is 0 Å². The summed E-state index contributed by atoms with van der Waals surface area (Å²) in [7, 11) is 0. The average Bonchev–Trinajstić information content (AvgIpc) is 2.29. The highest BCUT2D eigenvalue weighted by Gasteiger charge is 2.17. The average molecular weight is 254 g/mol. The lowest BCUT2D eigenvalue weighted by molar-refractivity contribution is -0.147. The van der Waals surface area contributed by atoms with Crippen molar-refractivity contribution in [2.24, 2.45) is 11.5 Å². The van der Waals surface area contributed by atoms with Crippen LogP contribution in [-0.2, 0) is 20.9 Å². The SMILES string of the molecule is NC(=O)C[C@H](N)C(=O)OCc1ccc(O)c(O)c1. The molecule has 98 valence electrons. The Morgan fingerprint density at radius 2 is 1.94 bits per heavy atom. The van der Waals surface area contributed by atoms with Gasteiger partial charge >= 0.3 is 5.97 Å². The summed E-state index contributed by atoms with van der Waals surface area (Å²) in [5.74, 6) is -2.04. The number of nitrogens with two attached hydrogens (primary N) is 2. The molecule has 0 aliphatic heterocycles. The van der Waals surface area contributed by atoms with Gasteiger partial charge in [-0.25, -0.2) is 0 Å². The summed E-state index contributed by atoms with van der Waals surface area (Å²) < 4.78 is 4.82. The number of ether oxygens (including phenoxy) is 1. The molecule has 0 unspecified atom stereocenters. The molecule has 0 saturated carbocycles. The van der Waals surface area contributed by atoms with Crippen molar-refractivity contribution in [2.75, 3.05) is 0 Å². The Bertz CT molecular complexity index is 461. The van der Waals surface area contributed by atoms with Crippen LogP contribution < -0.4 is 11.5 Å². The first kappa shape index (κ1) is 13.8. The molecule has 0 spiro atoms. The molecule has 1 amide bonds. The number of hydrogen-bond acceptors (Lipinski definition) is 6. The molecular weight excluding hydrogens is 240 g/mol.